The number of rotatable bonds is 4. The van der Waals surface area contributed by atoms with Crippen LogP contribution in [0, 0.1) is 6.92 Å². The van der Waals surface area contributed by atoms with Gasteiger partial charge in [-0.25, -0.2) is 14.8 Å². The summed E-state index contributed by atoms with van der Waals surface area (Å²) >= 11 is 0. The number of benzene rings is 1. The van der Waals surface area contributed by atoms with Crippen molar-refractivity contribution in [3.8, 4) is 11.4 Å². The van der Waals surface area contributed by atoms with Gasteiger partial charge in [-0.3, -0.25) is 0 Å². The van der Waals surface area contributed by atoms with Crippen LogP contribution in [-0.2, 0) is 4.74 Å². The summed E-state index contributed by atoms with van der Waals surface area (Å²) in [5.41, 5.74) is 2.42. The van der Waals surface area contributed by atoms with Crippen LogP contribution >= 0.6 is 0 Å². The highest BCUT2D eigenvalue weighted by atomic mass is 16.5. The Labute approximate surface area is 124 Å². The van der Waals surface area contributed by atoms with E-state index in [-0.39, 0.29) is 0 Å². The average molecular weight is 285 g/mol. The van der Waals surface area contributed by atoms with Crippen LogP contribution in [0.4, 0.5) is 5.82 Å². The second-order valence-corrected chi connectivity index (χ2v) is 4.86. The van der Waals surface area contributed by atoms with Crippen molar-refractivity contribution < 1.29 is 9.53 Å². The third-order valence-electron chi connectivity index (χ3n) is 3.07. The molecule has 0 aliphatic carbocycles. The molecule has 2 rings (SSSR count). The highest BCUT2D eigenvalue weighted by Crippen LogP contribution is 2.23. The molecule has 1 heterocycles. The second kappa shape index (κ2) is 6.35. The van der Waals surface area contributed by atoms with E-state index < -0.39 is 5.97 Å². The van der Waals surface area contributed by atoms with Crippen LogP contribution in [0.2, 0.25) is 0 Å². The number of hydrogen-bond acceptors (Lipinski definition) is 5. The average Bonchev–Trinajstić information content (AvgIpc) is 2.47. The quantitative estimate of drug-likeness (QED) is 0.808. The normalized spacial score (nSPS) is 10.3. The van der Waals surface area contributed by atoms with Crippen LogP contribution < -0.4 is 4.90 Å². The Bertz CT molecular complexity index is 654. The van der Waals surface area contributed by atoms with Crippen molar-refractivity contribution in [1.82, 2.24) is 9.97 Å². The summed E-state index contributed by atoms with van der Waals surface area (Å²) in [6.07, 6.45) is 1.53. The Morgan fingerprint density at radius 3 is 2.62 bits per heavy atom. The van der Waals surface area contributed by atoms with E-state index >= 15 is 0 Å². The molecule has 0 aliphatic heterocycles. The number of ether oxygens (including phenoxy) is 1. The highest BCUT2D eigenvalue weighted by Gasteiger charge is 2.18. The van der Waals surface area contributed by atoms with Crippen molar-refractivity contribution >= 4 is 11.8 Å². The third-order valence-corrected chi connectivity index (χ3v) is 3.07. The Kier molecular flexibility index (Phi) is 4.52. The molecule has 1 aromatic heterocycles. The number of carbonyl (C=O) groups is 1. The maximum absolute atomic E-state index is 12.0. The Balaban J connectivity index is 2.51. The van der Waals surface area contributed by atoms with Gasteiger partial charge in [0.15, 0.2) is 5.82 Å². The highest BCUT2D eigenvalue weighted by molar-refractivity contribution is 5.94. The van der Waals surface area contributed by atoms with Crippen LogP contribution in [-0.4, -0.2) is 36.6 Å². The van der Waals surface area contributed by atoms with Gasteiger partial charge in [0.1, 0.15) is 11.4 Å². The smallest absolute Gasteiger partial charge is 0.343 e. The fraction of sp³-hybridized carbons (Fsp3) is 0.312. The summed E-state index contributed by atoms with van der Waals surface area (Å²) < 4.78 is 5.04. The molecule has 0 saturated carbocycles. The number of esters is 1. The zero-order chi connectivity index (χ0) is 15.4. The SMILES string of the molecule is CCOC(=O)c1cnc(-c2ccccc2C)nc1N(C)C. The van der Waals surface area contributed by atoms with E-state index in [0.29, 0.717) is 23.8 Å². The molecule has 0 saturated heterocycles. The molecule has 21 heavy (non-hydrogen) atoms. The van der Waals surface area contributed by atoms with Gasteiger partial charge in [0.25, 0.3) is 0 Å². The molecule has 5 heteroatoms. The maximum atomic E-state index is 12.0. The molecule has 0 atom stereocenters. The van der Waals surface area contributed by atoms with Gasteiger partial charge in [0.2, 0.25) is 0 Å². The maximum Gasteiger partial charge on any atom is 0.343 e. The Morgan fingerprint density at radius 2 is 2.00 bits per heavy atom. The number of anilines is 1. The van der Waals surface area contributed by atoms with Crippen LogP contribution in [0.1, 0.15) is 22.8 Å². The van der Waals surface area contributed by atoms with Crippen LogP contribution in [0.3, 0.4) is 0 Å². The first kappa shape index (κ1) is 15.0. The van der Waals surface area contributed by atoms with E-state index in [4.69, 9.17) is 4.74 Å². The van der Waals surface area contributed by atoms with Crippen LogP contribution in [0.5, 0.6) is 0 Å². The first-order valence-corrected chi connectivity index (χ1v) is 6.82. The Hall–Kier alpha value is -2.43. The largest absolute Gasteiger partial charge is 0.462 e. The summed E-state index contributed by atoms with van der Waals surface area (Å²) in [4.78, 5) is 22.6. The molecule has 0 spiro atoms. The minimum Gasteiger partial charge on any atom is -0.462 e. The lowest BCUT2D eigenvalue weighted by Crippen LogP contribution is -2.18. The molecule has 0 aliphatic rings. The predicted octanol–water partition coefficient (Wildman–Crippen LogP) is 2.69. The second-order valence-electron chi connectivity index (χ2n) is 4.86. The standard InChI is InChI=1S/C16H19N3O2/c1-5-21-16(20)13-10-17-14(18-15(13)19(3)4)12-9-7-6-8-11(12)2/h6-10H,5H2,1-4H3. The lowest BCUT2D eigenvalue weighted by atomic mass is 10.1. The number of hydrogen-bond donors (Lipinski definition) is 0. The first-order chi connectivity index (χ1) is 10.0. The van der Waals surface area contributed by atoms with E-state index in [0.717, 1.165) is 11.1 Å². The van der Waals surface area contributed by atoms with Crippen molar-refractivity contribution in [1.29, 1.82) is 0 Å². The van der Waals surface area contributed by atoms with Gasteiger partial charge in [-0.2, -0.15) is 0 Å². The molecule has 0 radical (unpaired) electrons. The summed E-state index contributed by atoms with van der Waals surface area (Å²) in [5, 5.41) is 0. The van der Waals surface area contributed by atoms with Gasteiger partial charge >= 0.3 is 5.97 Å². The van der Waals surface area contributed by atoms with E-state index in [1.807, 2.05) is 45.3 Å². The zero-order valence-electron chi connectivity index (χ0n) is 12.8. The molecule has 0 fully saturated rings. The lowest BCUT2D eigenvalue weighted by molar-refractivity contribution is 0.0526. The van der Waals surface area contributed by atoms with E-state index in [1.165, 1.54) is 6.20 Å². The number of aromatic nitrogens is 2. The monoisotopic (exact) mass is 285 g/mol. The summed E-state index contributed by atoms with van der Waals surface area (Å²) in [6.45, 7) is 4.11. The lowest BCUT2D eigenvalue weighted by Gasteiger charge is -2.16. The number of nitrogens with zero attached hydrogens (tertiary/aromatic N) is 3. The molecule has 0 amide bonds. The molecule has 0 N–H and O–H groups in total. The van der Waals surface area contributed by atoms with Crippen molar-refractivity contribution in [2.45, 2.75) is 13.8 Å². The van der Waals surface area contributed by atoms with Gasteiger partial charge in [-0.1, -0.05) is 24.3 Å². The fourth-order valence-electron chi connectivity index (χ4n) is 2.02. The number of aryl methyl sites for hydroxylation is 1. The molecule has 110 valence electrons. The molecule has 0 unspecified atom stereocenters. The summed E-state index contributed by atoms with van der Waals surface area (Å²) in [7, 11) is 3.68. The molecule has 2 aromatic rings. The van der Waals surface area contributed by atoms with Gasteiger partial charge in [0.05, 0.1) is 6.61 Å². The molecular formula is C16H19N3O2. The number of carbonyl (C=O) groups excluding carboxylic acids is 1. The molecule has 5 nitrogen and oxygen atoms in total. The van der Waals surface area contributed by atoms with Gasteiger partial charge in [-0.05, 0) is 19.4 Å². The van der Waals surface area contributed by atoms with Gasteiger partial charge < -0.3 is 9.64 Å². The van der Waals surface area contributed by atoms with Gasteiger partial charge in [-0.15, -0.1) is 0 Å². The Morgan fingerprint density at radius 1 is 1.29 bits per heavy atom. The van der Waals surface area contributed by atoms with Crippen molar-refractivity contribution in [2.75, 3.05) is 25.6 Å². The van der Waals surface area contributed by atoms with E-state index in [9.17, 15) is 4.79 Å². The van der Waals surface area contributed by atoms with Crippen molar-refractivity contribution in [3.05, 3.63) is 41.6 Å². The van der Waals surface area contributed by atoms with Crippen LogP contribution in [0.25, 0.3) is 11.4 Å². The third kappa shape index (κ3) is 3.18. The molecular weight excluding hydrogens is 266 g/mol. The molecule has 1 aromatic carbocycles. The predicted molar refractivity (Wildman–Crippen MR) is 82.5 cm³/mol. The first-order valence-electron chi connectivity index (χ1n) is 6.82. The van der Waals surface area contributed by atoms with Crippen LogP contribution in [0.15, 0.2) is 30.5 Å². The van der Waals surface area contributed by atoms with E-state index in [2.05, 4.69) is 9.97 Å². The van der Waals surface area contributed by atoms with Crippen molar-refractivity contribution in [2.24, 2.45) is 0 Å². The minimum atomic E-state index is -0.405. The minimum absolute atomic E-state index is 0.325. The topological polar surface area (TPSA) is 55.3 Å². The summed E-state index contributed by atoms with van der Waals surface area (Å²) in [6, 6.07) is 7.89. The fourth-order valence-corrected chi connectivity index (χ4v) is 2.02. The molecule has 0 bridgehead atoms. The van der Waals surface area contributed by atoms with Gasteiger partial charge in [0, 0.05) is 25.9 Å². The summed E-state index contributed by atoms with van der Waals surface area (Å²) in [5.74, 6) is 0.754. The zero-order valence-corrected chi connectivity index (χ0v) is 12.8. The van der Waals surface area contributed by atoms with E-state index in [1.54, 1.807) is 11.8 Å². The van der Waals surface area contributed by atoms with Crippen molar-refractivity contribution in [3.63, 3.8) is 0 Å².